The molecule has 2 heteroatoms. The summed E-state index contributed by atoms with van der Waals surface area (Å²) < 4.78 is 0.708. The van der Waals surface area contributed by atoms with Crippen LogP contribution in [0, 0.1) is 0 Å². The summed E-state index contributed by atoms with van der Waals surface area (Å²) in [5, 5.41) is 1.88. The van der Waals surface area contributed by atoms with Gasteiger partial charge in [-0.2, -0.15) is 0 Å². The summed E-state index contributed by atoms with van der Waals surface area (Å²) in [4.78, 5) is 0. The molecule has 3 atom stereocenters. The van der Waals surface area contributed by atoms with Gasteiger partial charge in [0.2, 0.25) is 0 Å². The van der Waals surface area contributed by atoms with Crippen molar-refractivity contribution in [3.8, 4) is 0 Å². The first kappa shape index (κ1) is 10.1. The van der Waals surface area contributed by atoms with E-state index in [2.05, 4.69) is 53.9 Å². The lowest BCUT2D eigenvalue weighted by atomic mass is 10.00. The van der Waals surface area contributed by atoms with Crippen molar-refractivity contribution in [2.24, 2.45) is 0 Å². The predicted octanol–water partition coefficient (Wildman–Crippen LogP) is 4.48. The minimum absolute atomic E-state index is 0.708. The summed E-state index contributed by atoms with van der Waals surface area (Å²) in [7, 11) is 0. The quantitative estimate of drug-likeness (QED) is 0.705. The van der Waals surface area contributed by atoms with Crippen LogP contribution in [-0.4, -0.2) is 10.5 Å². The van der Waals surface area contributed by atoms with Gasteiger partial charge in [-0.1, -0.05) is 43.2 Å². The van der Waals surface area contributed by atoms with Crippen LogP contribution in [0.5, 0.6) is 0 Å². The van der Waals surface area contributed by atoms with Gasteiger partial charge in [0.15, 0.2) is 0 Å². The van der Waals surface area contributed by atoms with Gasteiger partial charge in [-0.15, -0.1) is 23.5 Å². The molecule has 15 heavy (non-hydrogen) atoms. The predicted molar refractivity (Wildman–Crippen MR) is 70.4 cm³/mol. The smallest absolute Gasteiger partial charge is 0.0757 e. The van der Waals surface area contributed by atoms with Gasteiger partial charge in [0.1, 0.15) is 0 Å². The zero-order chi connectivity index (χ0) is 10.1. The molecule has 1 saturated heterocycles. The van der Waals surface area contributed by atoms with Crippen molar-refractivity contribution in [2.45, 2.75) is 40.8 Å². The molecule has 3 rings (SSSR count). The normalized spacial score (nSPS) is 35.1. The lowest BCUT2D eigenvalue weighted by molar-refractivity contribution is 0.532. The van der Waals surface area contributed by atoms with Crippen LogP contribution < -0.4 is 0 Å². The van der Waals surface area contributed by atoms with Gasteiger partial charge in [-0.3, -0.25) is 0 Å². The van der Waals surface area contributed by atoms with Crippen LogP contribution in [0.3, 0.4) is 0 Å². The summed E-state index contributed by atoms with van der Waals surface area (Å²) >= 11 is 4.42. The first-order chi connectivity index (χ1) is 7.43. The second-order valence-corrected chi connectivity index (χ2v) is 7.37. The van der Waals surface area contributed by atoms with Crippen molar-refractivity contribution >= 4 is 23.5 Å². The van der Waals surface area contributed by atoms with Crippen LogP contribution in [0.25, 0.3) is 0 Å². The van der Waals surface area contributed by atoms with Gasteiger partial charge >= 0.3 is 0 Å². The first-order valence-electron chi connectivity index (χ1n) is 5.79. The Hall–Kier alpha value is -0.0800. The molecule has 1 aromatic rings. The Balaban J connectivity index is 1.75. The van der Waals surface area contributed by atoms with Crippen molar-refractivity contribution in [1.82, 2.24) is 0 Å². The highest BCUT2D eigenvalue weighted by Gasteiger charge is 2.37. The zero-order valence-corrected chi connectivity index (χ0v) is 10.4. The Morgan fingerprint density at radius 3 is 2.07 bits per heavy atom. The van der Waals surface area contributed by atoms with E-state index in [1.165, 1.54) is 31.2 Å². The fraction of sp³-hybridized carbons (Fsp3) is 0.538. The van der Waals surface area contributed by atoms with E-state index in [4.69, 9.17) is 0 Å². The number of hydrogen-bond donors (Lipinski definition) is 0. The van der Waals surface area contributed by atoms with Crippen molar-refractivity contribution in [3.05, 3.63) is 35.9 Å². The molecular weight excluding hydrogens is 220 g/mol. The molecular formula is C13H16S2. The highest BCUT2D eigenvalue weighted by molar-refractivity contribution is 8.20. The number of fused-ring (bicyclic) bond motifs is 1. The van der Waals surface area contributed by atoms with E-state index in [0.29, 0.717) is 4.58 Å². The van der Waals surface area contributed by atoms with Crippen molar-refractivity contribution in [3.63, 3.8) is 0 Å². The van der Waals surface area contributed by atoms with Crippen LogP contribution in [0.4, 0.5) is 0 Å². The van der Waals surface area contributed by atoms with Crippen LogP contribution >= 0.6 is 23.5 Å². The summed E-state index contributed by atoms with van der Waals surface area (Å²) in [6.07, 6.45) is 5.81. The number of benzene rings is 1. The van der Waals surface area contributed by atoms with E-state index in [9.17, 15) is 0 Å². The van der Waals surface area contributed by atoms with Crippen LogP contribution in [0.15, 0.2) is 30.3 Å². The zero-order valence-electron chi connectivity index (χ0n) is 8.76. The maximum Gasteiger partial charge on any atom is 0.0757 e. The highest BCUT2D eigenvalue weighted by Crippen LogP contribution is 2.57. The van der Waals surface area contributed by atoms with Gasteiger partial charge in [0.25, 0.3) is 0 Å². The molecule has 0 bridgehead atoms. The van der Waals surface area contributed by atoms with Crippen molar-refractivity contribution < 1.29 is 0 Å². The number of rotatable bonds is 1. The largest absolute Gasteiger partial charge is 0.138 e. The minimum Gasteiger partial charge on any atom is -0.138 e. The molecule has 0 spiro atoms. The van der Waals surface area contributed by atoms with E-state index in [1.54, 1.807) is 0 Å². The fourth-order valence-electron chi connectivity index (χ4n) is 2.49. The first-order valence-corrected chi connectivity index (χ1v) is 7.68. The summed E-state index contributed by atoms with van der Waals surface area (Å²) in [6, 6.07) is 11.0. The summed E-state index contributed by atoms with van der Waals surface area (Å²) in [6.45, 7) is 0. The van der Waals surface area contributed by atoms with Gasteiger partial charge in [0, 0.05) is 10.5 Å². The molecule has 1 heterocycles. The molecule has 2 aliphatic rings. The van der Waals surface area contributed by atoms with Crippen molar-refractivity contribution in [1.29, 1.82) is 0 Å². The van der Waals surface area contributed by atoms with E-state index in [1.807, 2.05) is 0 Å². The molecule has 1 unspecified atom stereocenters. The molecule has 0 N–H and O–H groups in total. The SMILES string of the molecule is c1ccc(C2S[C@H]3CCCC[C@H]3S2)cc1. The lowest BCUT2D eigenvalue weighted by Crippen LogP contribution is -2.19. The molecule has 2 fully saturated rings. The van der Waals surface area contributed by atoms with Crippen LogP contribution in [0.2, 0.25) is 0 Å². The molecule has 0 amide bonds. The third-order valence-corrected chi connectivity index (χ3v) is 7.02. The Kier molecular flexibility index (Phi) is 2.98. The van der Waals surface area contributed by atoms with Crippen LogP contribution in [-0.2, 0) is 0 Å². The fourth-order valence-corrected chi connectivity index (χ4v) is 6.48. The summed E-state index contributed by atoms with van der Waals surface area (Å²) in [5.74, 6) is 0. The molecule has 1 saturated carbocycles. The molecule has 1 aliphatic carbocycles. The van der Waals surface area contributed by atoms with E-state index < -0.39 is 0 Å². The Labute approximate surface area is 100 Å². The lowest BCUT2D eigenvalue weighted by Gasteiger charge is -2.22. The van der Waals surface area contributed by atoms with Gasteiger partial charge in [0.05, 0.1) is 4.58 Å². The maximum atomic E-state index is 2.28. The average molecular weight is 236 g/mol. The molecule has 0 aromatic heterocycles. The Bertz CT molecular complexity index is 309. The topological polar surface area (TPSA) is 0 Å². The second kappa shape index (κ2) is 4.42. The average Bonchev–Trinajstić information content (AvgIpc) is 2.74. The van der Waals surface area contributed by atoms with E-state index in [0.717, 1.165) is 10.5 Å². The van der Waals surface area contributed by atoms with Gasteiger partial charge < -0.3 is 0 Å². The third kappa shape index (κ3) is 2.07. The molecule has 0 radical (unpaired) electrons. The molecule has 80 valence electrons. The minimum atomic E-state index is 0.708. The number of thioether (sulfide) groups is 2. The third-order valence-electron chi connectivity index (χ3n) is 3.31. The molecule has 1 aliphatic heterocycles. The monoisotopic (exact) mass is 236 g/mol. The maximum absolute atomic E-state index is 2.28. The van der Waals surface area contributed by atoms with Gasteiger partial charge in [-0.05, 0) is 18.4 Å². The van der Waals surface area contributed by atoms with Gasteiger partial charge in [-0.25, -0.2) is 0 Å². The molecule has 0 nitrogen and oxygen atoms in total. The van der Waals surface area contributed by atoms with E-state index in [-0.39, 0.29) is 0 Å². The number of hydrogen-bond acceptors (Lipinski definition) is 2. The van der Waals surface area contributed by atoms with E-state index >= 15 is 0 Å². The Morgan fingerprint density at radius 2 is 1.47 bits per heavy atom. The Morgan fingerprint density at radius 1 is 0.867 bits per heavy atom. The van der Waals surface area contributed by atoms with Crippen LogP contribution in [0.1, 0.15) is 35.8 Å². The van der Waals surface area contributed by atoms with Crippen molar-refractivity contribution in [2.75, 3.05) is 0 Å². The molecule has 1 aromatic carbocycles. The second-order valence-electron chi connectivity index (χ2n) is 4.38. The highest BCUT2D eigenvalue weighted by atomic mass is 32.2. The standard InChI is InChI=1S/C13H16S2/c1-2-6-10(7-3-1)13-14-11-8-4-5-9-12(11)15-13/h1-3,6-7,11-13H,4-5,8-9H2/t11-,12+,13?. The summed E-state index contributed by atoms with van der Waals surface area (Å²) in [5.41, 5.74) is 1.52.